The van der Waals surface area contributed by atoms with Crippen molar-refractivity contribution in [3.05, 3.63) is 76.5 Å². The third-order valence-electron chi connectivity index (χ3n) is 4.31. The number of carbonyl (C=O) groups is 2. The number of benzene rings is 3. The predicted octanol–water partition coefficient (Wildman–Crippen LogP) is 3.67. The number of rotatable bonds is 3. The van der Waals surface area contributed by atoms with Crippen LogP contribution in [-0.4, -0.2) is 41.6 Å². The molecule has 0 saturated carbocycles. The molecule has 0 fully saturated rings. The first-order valence-electron chi connectivity index (χ1n) is 8.96. The van der Waals surface area contributed by atoms with E-state index in [1.807, 2.05) is 0 Å². The van der Waals surface area contributed by atoms with Crippen LogP contribution in [0.5, 0.6) is 5.75 Å². The Kier molecular flexibility index (Phi) is 5.83. The SMILES string of the molecule is CN(C)C=O.O=C(O)c1ccccc1-c1c2ccc(=O)cc-2oc2cc(O)ccc12. The summed E-state index contributed by atoms with van der Waals surface area (Å²) in [5.41, 5.74) is 2.10. The molecule has 2 N–H and O–H groups in total. The molecule has 0 radical (unpaired) electrons. The molecule has 0 spiro atoms. The summed E-state index contributed by atoms with van der Waals surface area (Å²) in [7, 11) is 3.38. The topological polar surface area (TPSA) is 108 Å². The maximum atomic E-state index is 11.7. The van der Waals surface area contributed by atoms with Gasteiger partial charge in [-0.25, -0.2) is 4.79 Å². The summed E-state index contributed by atoms with van der Waals surface area (Å²) in [5.74, 6) is -0.691. The van der Waals surface area contributed by atoms with Gasteiger partial charge in [-0.15, -0.1) is 0 Å². The van der Waals surface area contributed by atoms with Gasteiger partial charge in [0.15, 0.2) is 5.43 Å². The minimum Gasteiger partial charge on any atom is -0.508 e. The first-order chi connectivity index (χ1) is 14.3. The fourth-order valence-corrected chi connectivity index (χ4v) is 3.04. The van der Waals surface area contributed by atoms with E-state index in [2.05, 4.69) is 0 Å². The van der Waals surface area contributed by atoms with Crippen molar-refractivity contribution in [3.8, 4) is 28.2 Å². The van der Waals surface area contributed by atoms with Crippen LogP contribution in [0, 0.1) is 0 Å². The van der Waals surface area contributed by atoms with Gasteiger partial charge in [0.05, 0.1) is 5.56 Å². The molecule has 4 rings (SSSR count). The number of fused-ring (bicyclic) bond motifs is 2. The number of carbonyl (C=O) groups excluding carboxylic acids is 1. The summed E-state index contributed by atoms with van der Waals surface area (Å²) in [5, 5.41) is 19.9. The molecule has 2 aliphatic rings. The quantitative estimate of drug-likeness (QED) is 0.398. The van der Waals surface area contributed by atoms with E-state index < -0.39 is 5.97 Å². The lowest BCUT2D eigenvalue weighted by molar-refractivity contribution is -0.115. The van der Waals surface area contributed by atoms with Gasteiger partial charge in [0.1, 0.15) is 17.1 Å². The Morgan fingerprint density at radius 1 is 1.00 bits per heavy atom. The second-order valence-corrected chi connectivity index (χ2v) is 6.74. The van der Waals surface area contributed by atoms with E-state index in [4.69, 9.17) is 4.42 Å². The van der Waals surface area contributed by atoms with E-state index in [1.165, 1.54) is 35.2 Å². The van der Waals surface area contributed by atoms with Crippen molar-refractivity contribution in [2.24, 2.45) is 0 Å². The fraction of sp³-hybridized carbons (Fsp3) is 0.0870. The Balaban J connectivity index is 0.000000461. The minimum atomic E-state index is -1.04. The molecular formula is C23H19NO6. The van der Waals surface area contributed by atoms with Crippen molar-refractivity contribution >= 4 is 23.3 Å². The lowest BCUT2D eigenvalue weighted by Crippen LogP contribution is -2.06. The molecule has 7 heteroatoms. The molecule has 0 aromatic heterocycles. The zero-order chi connectivity index (χ0) is 21.8. The Hall–Kier alpha value is -4.13. The normalized spacial score (nSPS) is 10.3. The largest absolute Gasteiger partial charge is 0.508 e. The van der Waals surface area contributed by atoms with Gasteiger partial charge in [0.2, 0.25) is 6.41 Å². The van der Waals surface area contributed by atoms with Gasteiger partial charge >= 0.3 is 5.97 Å². The summed E-state index contributed by atoms with van der Waals surface area (Å²) in [6, 6.07) is 15.7. The lowest BCUT2D eigenvalue weighted by atomic mass is 9.91. The summed E-state index contributed by atoms with van der Waals surface area (Å²) in [6.45, 7) is 0. The Bertz CT molecular complexity index is 1260. The number of aromatic hydroxyl groups is 1. The van der Waals surface area contributed by atoms with Crippen LogP contribution in [0.1, 0.15) is 10.4 Å². The van der Waals surface area contributed by atoms with Crippen LogP contribution < -0.4 is 5.43 Å². The van der Waals surface area contributed by atoms with Crippen LogP contribution in [0.4, 0.5) is 0 Å². The average molecular weight is 405 g/mol. The van der Waals surface area contributed by atoms with E-state index >= 15 is 0 Å². The first-order valence-corrected chi connectivity index (χ1v) is 8.96. The van der Waals surface area contributed by atoms with Crippen LogP contribution in [0.2, 0.25) is 0 Å². The maximum absolute atomic E-state index is 11.7. The van der Waals surface area contributed by atoms with Crippen LogP contribution in [0.25, 0.3) is 33.4 Å². The van der Waals surface area contributed by atoms with Gasteiger partial charge in [-0.2, -0.15) is 0 Å². The van der Waals surface area contributed by atoms with Gasteiger partial charge in [-0.3, -0.25) is 9.59 Å². The highest BCUT2D eigenvalue weighted by Crippen LogP contribution is 2.41. The van der Waals surface area contributed by atoms with Crippen LogP contribution in [0.15, 0.2) is 69.9 Å². The van der Waals surface area contributed by atoms with E-state index in [-0.39, 0.29) is 16.7 Å². The van der Waals surface area contributed by atoms with E-state index in [0.717, 1.165) is 6.41 Å². The smallest absolute Gasteiger partial charge is 0.336 e. The zero-order valence-electron chi connectivity index (χ0n) is 16.3. The molecule has 0 atom stereocenters. The highest BCUT2D eigenvalue weighted by atomic mass is 16.4. The van der Waals surface area contributed by atoms with Crippen LogP contribution in [-0.2, 0) is 4.79 Å². The zero-order valence-corrected chi connectivity index (χ0v) is 16.3. The number of carboxylic acid groups (broad SMARTS) is 1. The monoisotopic (exact) mass is 405 g/mol. The van der Waals surface area contributed by atoms with Crippen molar-refractivity contribution in [3.63, 3.8) is 0 Å². The van der Waals surface area contributed by atoms with Gasteiger partial charge in [0.25, 0.3) is 0 Å². The number of carboxylic acids is 1. The van der Waals surface area contributed by atoms with Crippen LogP contribution in [0.3, 0.4) is 0 Å². The second kappa shape index (κ2) is 8.48. The number of phenolic OH excluding ortho intramolecular Hbond substituents is 1. The molecule has 2 aromatic carbocycles. The van der Waals surface area contributed by atoms with Crippen molar-refractivity contribution in [1.82, 2.24) is 4.90 Å². The molecule has 0 bridgehead atoms. The molecule has 0 saturated heterocycles. The van der Waals surface area contributed by atoms with Crippen molar-refractivity contribution in [2.75, 3.05) is 14.1 Å². The van der Waals surface area contributed by atoms with Crippen LogP contribution >= 0.6 is 0 Å². The highest BCUT2D eigenvalue weighted by Gasteiger charge is 2.21. The first kappa shape index (κ1) is 20.6. The standard InChI is InChI=1S/C20H12O5.C3H7NO/c21-11-5-7-15-17(9-11)25-18-10-12(22)6-8-16(18)19(15)13-3-1-2-4-14(13)20(23)24;1-4(2)3-5/h1-10,21H,(H,23,24);3H,1-2H3. The highest BCUT2D eigenvalue weighted by molar-refractivity contribution is 6.07. The number of hydrogen-bond acceptors (Lipinski definition) is 5. The predicted molar refractivity (Wildman–Crippen MR) is 113 cm³/mol. The molecular weight excluding hydrogens is 386 g/mol. The average Bonchev–Trinajstić information content (AvgIpc) is 2.72. The van der Waals surface area contributed by atoms with Gasteiger partial charge in [-0.05, 0) is 35.9 Å². The number of amides is 1. The molecule has 1 amide bonds. The lowest BCUT2D eigenvalue weighted by Gasteiger charge is -2.16. The molecule has 152 valence electrons. The van der Waals surface area contributed by atoms with Crippen molar-refractivity contribution < 1.29 is 24.2 Å². The molecule has 2 aromatic rings. The molecule has 0 unspecified atom stereocenters. The van der Waals surface area contributed by atoms with E-state index in [9.17, 15) is 24.6 Å². The Morgan fingerprint density at radius 2 is 1.70 bits per heavy atom. The summed E-state index contributed by atoms with van der Waals surface area (Å²) < 4.78 is 5.76. The Labute approximate surface area is 171 Å². The number of hydrogen-bond donors (Lipinski definition) is 2. The van der Waals surface area contributed by atoms with Gasteiger partial charge < -0.3 is 19.5 Å². The van der Waals surface area contributed by atoms with E-state index in [0.29, 0.717) is 33.4 Å². The fourth-order valence-electron chi connectivity index (χ4n) is 3.04. The molecule has 1 heterocycles. The molecule has 1 aliphatic heterocycles. The molecule has 1 aliphatic carbocycles. The summed E-state index contributed by atoms with van der Waals surface area (Å²) in [6.07, 6.45) is 0.750. The summed E-state index contributed by atoms with van der Waals surface area (Å²) >= 11 is 0. The minimum absolute atomic E-state index is 0.0198. The summed E-state index contributed by atoms with van der Waals surface area (Å²) in [4.78, 5) is 34.2. The number of nitrogens with zero attached hydrogens (tertiary/aromatic N) is 1. The van der Waals surface area contributed by atoms with Crippen molar-refractivity contribution in [2.45, 2.75) is 0 Å². The maximum Gasteiger partial charge on any atom is 0.336 e. The van der Waals surface area contributed by atoms with Crippen molar-refractivity contribution in [1.29, 1.82) is 0 Å². The number of phenols is 1. The molecule has 7 nitrogen and oxygen atoms in total. The van der Waals surface area contributed by atoms with Gasteiger partial charge in [-0.1, -0.05) is 18.2 Å². The second-order valence-electron chi connectivity index (χ2n) is 6.74. The Morgan fingerprint density at radius 3 is 2.37 bits per heavy atom. The number of aromatic carboxylic acids is 1. The van der Waals surface area contributed by atoms with E-state index in [1.54, 1.807) is 44.4 Å². The third kappa shape index (κ3) is 4.15. The van der Waals surface area contributed by atoms with Gasteiger partial charge in [0, 0.05) is 42.7 Å². The third-order valence-corrected chi connectivity index (χ3v) is 4.31. The molecule has 30 heavy (non-hydrogen) atoms.